The van der Waals surface area contributed by atoms with E-state index in [0.29, 0.717) is 10.6 Å². The summed E-state index contributed by atoms with van der Waals surface area (Å²) in [5, 5.41) is 1.83. The second-order valence-corrected chi connectivity index (χ2v) is 4.82. The van der Waals surface area contributed by atoms with E-state index in [1.54, 1.807) is 18.0 Å². The van der Waals surface area contributed by atoms with Crippen molar-refractivity contribution in [3.8, 4) is 0 Å². The fourth-order valence-electron chi connectivity index (χ4n) is 1.60. The Morgan fingerprint density at radius 2 is 2.12 bits per heavy atom. The fourth-order valence-corrected chi connectivity index (χ4v) is 2.39. The number of thiophene rings is 1. The van der Waals surface area contributed by atoms with E-state index in [4.69, 9.17) is 5.73 Å². The van der Waals surface area contributed by atoms with Crippen LogP contribution in [0.25, 0.3) is 0 Å². The van der Waals surface area contributed by atoms with E-state index in [-0.39, 0.29) is 5.91 Å². The highest BCUT2D eigenvalue weighted by molar-refractivity contribution is 7.12. The summed E-state index contributed by atoms with van der Waals surface area (Å²) in [6, 6.07) is 9.58. The monoisotopic (exact) mass is 246 g/mol. The molecule has 0 aliphatic carbocycles. The molecule has 4 heteroatoms. The number of nitrogens with two attached hydrogens (primary N) is 1. The predicted octanol–water partition coefficient (Wildman–Crippen LogP) is 2.92. The first kappa shape index (κ1) is 11.7. The SMILES string of the molecule is Cc1cccc(N(C)C(=O)c2sccc2N)c1. The second kappa shape index (κ2) is 4.59. The van der Waals surface area contributed by atoms with Gasteiger partial charge in [0.2, 0.25) is 0 Å². The molecule has 1 heterocycles. The average Bonchev–Trinajstić information content (AvgIpc) is 2.73. The molecule has 0 spiro atoms. The van der Waals surface area contributed by atoms with Crippen molar-refractivity contribution >= 4 is 28.6 Å². The lowest BCUT2D eigenvalue weighted by Crippen LogP contribution is -2.26. The van der Waals surface area contributed by atoms with Crippen molar-refractivity contribution in [3.63, 3.8) is 0 Å². The number of benzene rings is 1. The Morgan fingerprint density at radius 1 is 1.35 bits per heavy atom. The molecule has 0 atom stereocenters. The van der Waals surface area contributed by atoms with Gasteiger partial charge in [0.15, 0.2) is 0 Å². The molecule has 2 rings (SSSR count). The Balaban J connectivity index is 2.30. The van der Waals surface area contributed by atoms with Gasteiger partial charge in [-0.05, 0) is 36.1 Å². The lowest BCUT2D eigenvalue weighted by molar-refractivity contribution is 0.0997. The number of nitrogens with zero attached hydrogens (tertiary/aromatic N) is 1. The first-order chi connectivity index (χ1) is 8.09. The van der Waals surface area contributed by atoms with E-state index in [9.17, 15) is 4.79 Å². The van der Waals surface area contributed by atoms with Crippen molar-refractivity contribution in [1.29, 1.82) is 0 Å². The van der Waals surface area contributed by atoms with Crippen LogP contribution in [0.3, 0.4) is 0 Å². The maximum absolute atomic E-state index is 12.2. The zero-order valence-corrected chi connectivity index (χ0v) is 10.6. The topological polar surface area (TPSA) is 46.3 Å². The number of rotatable bonds is 2. The molecular formula is C13H14N2OS. The van der Waals surface area contributed by atoms with Gasteiger partial charge in [-0.25, -0.2) is 0 Å². The maximum atomic E-state index is 12.2. The Hall–Kier alpha value is -1.81. The van der Waals surface area contributed by atoms with Crippen LogP contribution in [0, 0.1) is 6.92 Å². The number of aryl methyl sites for hydroxylation is 1. The van der Waals surface area contributed by atoms with Gasteiger partial charge >= 0.3 is 0 Å². The summed E-state index contributed by atoms with van der Waals surface area (Å²) in [5.41, 5.74) is 8.30. The minimum Gasteiger partial charge on any atom is -0.397 e. The normalized spacial score (nSPS) is 10.2. The summed E-state index contributed by atoms with van der Waals surface area (Å²) in [4.78, 5) is 14.4. The third-order valence-corrected chi connectivity index (χ3v) is 3.50. The Labute approximate surface area is 104 Å². The Kier molecular flexibility index (Phi) is 3.15. The van der Waals surface area contributed by atoms with Crippen LogP contribution in [-0.4, -0.2) is 13.0 Å². The molecule has 0 unspecified atom stereocenters. The summed E-state index contributed by atoms with van der Waals surface area (Å²) in [5.74, 6) is -0.0666. The molecule has 3 nitrogen and oxygen atoms in total. The first-order valence-electron chi connectivity index (χ1n) is 5.27. The predicted molar refractivity (Wildman–Crippen MR) is 72.6 cm³/mol. The third-order valence-electron chi connectivity index (χ3n) is 2.58. The molecule has 0 radical (unpaired) electrons. The number of hydrogen-bond donors (Lipinski definition) is 1. The molecule has 2 N–H and O–H groups in total. The first-order valence-corrected chi connectivity index (χ1v) is 6.15. The molecular weight excluding hydrogens is 232 g/mol. The van der Waals surface area contributed by atoms with Crippen LogP contribution in [0.1, 0.15) is 15.2 Å². The molecule has 0 fully saturated rings. The van der Waals surface area contributed by atoms with Gasteiger partial charge in [0, 0.05) is 12.7 Å². The quantitative estimate of drug-likeness (QED) is 0.885. The standard InChI is InChI=1S/C13H14N2OS/c1-9-4-3-5-10(8-9)15(2)13(16)12-11(14)6-7-17-12/h3-8H,14H2,1-2H3. The van der Waals surface area contributed by atoms with Crippen LogP contribution in [0.5, 0.6) is 0 Å². The summed E-state index contributed by atoms with van der Waals surface area (Å²) in [6.07, 6.45) is 0. The van der Waals surface area contributed by atoms with Crippen molar-refractivity contribution in [1.82, 2.24) is 0 Å². The number of carbonyl (C=O) groups is 1. The highest BCUT2D eigenvalue weighted by Crippen LogP contribution is 2.23. The molecule has 1 aromatic carbocycles. The molecule has 0 aliphatic heterocycles. The van der Waals surface area contributed by atoms with E-state index >= 15 is 0 Å². The van der Waals surface area contributed by atoms with Gasteiger partial charge < -0.3 is 10.6 Å². The smallest absolute Gasteiger partial charge is 0.270 e. The van der Waals surface area contributed by atoms with Crippen molar-refractivity contribution in [2.24, 2.45) is 0 Å². The van der Waals surface area contributed by atoms with Gasteiger partial charge in [-0.1, -0.05) is 12.1 Å². The van der Waals surface area contributed by atoms with Gasteiger partial charge in [0.05, 0.1) is 5.69 Å². The zero-order chi connectivity index (χ0) is 12.4. The largest absolute Gasteiger partial charge is 0.397 e. The minimum absolute atomic E-state index is 0.0666. The lowest BCUT2D eigenvalue weighted by Gasteiger charge is -2.17. The van der Waals surface area contributed by atoms with Crippen LogP contribution < -0.4 is 10.6 Å². The molecule has 1 aromatic heterocycles. The lowest BCUT2D eigenvalue weighted by atomic mass is 10.2. The van der Waals surface area contributed by atoms with Gasteiger partial charge in [0.1, 0.15) is 4.88 Å². The van der Waals surface area contributed by atoms with Gasteiger partial charge in [-0.15, -0.1) is 11.3 Å². The second-order valence-electron chi connectivity index (χ2n) is 3.91. The molecule has 2 aromatic rings. The van der Waals surface area contributed by atoms with Crippen molar-refractivity contribution < 1.29 is 4.79 Å². The van der Waals surface area contributed by atoms with Crippen LogP contribution in [-0.2, 0) is 0 Å². The van der Waals surface area contributed by atoms with E-state index < -0.39 is 0 Å². The van der Waals surface area contributed by atoms with Crippen molar-refractivity contribution in [3.05, 3.63) is 46.2 Å². The van der Waals surface area contributed by atoms with Crippen LogP contribution in [0.15, 0.2) is 35.7 Å². The molecule has 0 bridgehead atoms. The van der Waals surface area contributed by atoms with Gasteiger partial charge in [-0.3, -0.25) is 4.79 Å². The number of anilines is 2. The molecule has 17 heavy (non-hydrogen) atoms. The van der Waals surface area contributed by atoms with Gasteiger partial charge in [0.25, 0.3) is 5.91 Å². The summed E-state index contributed by atoms with van der Waals surface area (Å²) < 4.78 is 0. The van der Waals surface area contributed by atoms with E-state index in [2.05, 4.69) is 0 Å². The van der Waals surface area contributed by atoms with E-state index in [0.717, 1.165) is 11.3 Å². The Bertz CT molecular complexity index is 548. The van der Waals surface area contributed by atoms with Gasteiger partial charge in [-0.2, -0.15) is 0 Å². The molecule has 1 amide bonds. The average molecular weight is 246 g/mol. The number of amides is 1. The number of hydrogen-bond acceptors (Lipinski definition) is 3. The van der Waals surface area contributed by atoms with E-state index in [1.165, 1.54) is 11.3 Å². The fraction of sp³-hybridized carbons (Fsp3) is 0.154. The van der Waals surface area contributed by atoms with Crippen LogP contribution >= 0.6 is 11.3 Å². The van der Waals surface area contributed by atoms with E-state index in [1.807, 2.05) is 36.6 Å². The van der Waals surface area contributed by atoms with Crippen LogP contribution in [0.2, 0.25) is 0 Å². The minimum atomic E-state index is -0.0666. The molecule has 0 saturated heterocycles. The Morgan fingerprint density at radius 3 is 2.71 bits per heavy atom. The highest BCUT2D eigenvalue weighted by atomic mass is 32.1. The highest BCUT2D eigenvalue weighted by Gasteiger charge is 2.17. The number of carbonyl (C=O) groups excluding carboxylic acids is 1. The molecule has 88 valence electrons. The third kappa shape index (κ3) is 2.31. The summed E-state index contributed by atoms with van der Waals surface area (Å²) in [7, 11) is 1.76. The van der Waals surface area contributed by atoms with Crippen molar-refractivity contribution in [2.45, 2.75) is 6.92 Å². The summed E-state index contributed by atoms with van der Waals surface area (Å²) >= 11 is 1.37. The van der Waals surface area contributed by atoms with Crippen LogP contribution in [0.4, 0.5) is 11.4 Å². The molecule has 0 aliphatic rings. The summed E-state index contributed by atoms with van der Waals surface area (Å²) in [6.45, 7) is 2.00. The number of nitrogen functional groups attached to an aromatic ring is 1. The maximum Gasteiger partial charge on any atom is 0.270 e. The zero-order valence-electron chi connectivity index (χ0n) is 9.81. The van der Waals surface area contributed by atoms with Crippen molar-refractivity contribution in [2.75, 3.05) is 17.7 Å². The molecule has 0 saturated carbocycles.